The first-order valence-corrected chi connectivity index (χ1v) is 6.98. The number of hydrogen-bond donors (Lipinski definition) is 0. The molecule has 0 radical (unpaired) electrons. The smallest absolute Gasteiger partial charge is 0.320 e. The molecule has 118 valence electrons. The molecule has 8 nitrogen and oxygen atoms in total. The SMILES string of the molecule is N#CCC(=O)OCC1CC2OC(COC(=O)CC#N)CC2O1. The third kappa shape index (κ3) is 4.42. The number of rotatable bonds is 6. The van der Waals surface area contributed by atoms with Crippen molar-refractivity contribution >= 4 is 11.9 Å². The first kappa shape index (κ1) is 16.2. The second-order valence-corrected chi connectivity index (χ2v) is 5.10. The molecular weight excluding hydrogens is 292 g/mol. The van der Waals surface area contributed by atoms with Crippen molar-refractivity contribution in [1.82, 2.24) is 0 Å². The Labute approximate surface area is 127 Å². The highest BCUT2D eigenvalue weighted by Gasteiger charge is 2.44. The number of nitrogens with zero attached hydrogens (tertiary/aromatic N) is 2. The fraction of sp³-hybridized carbons (Fsp3) is 0.714. The maximum atomic E-state index is 11.1. The second kappa shape index (κ2) is 7.74. The van der Waals surface area contributed by atoms with Crippen molar-refractivity contribution in [2.75, 3.05) is 13.2 Å². The van der Waals surface area contributed by atoms with Gasteiger partial charge in [0.1, 0.15) is 26.1 Å². The summed E-state index contributed by atoms with van der Waals surface area (Å²) in [6, 6.07) is 3.44. The Bertz CT molecular complexity index is 450. The summed E-state index contributed by atoms with van der Waals surface area (Å²) in [7, 11) is 0. The maximum Gasteiger partial charge on any atom is 0.320 e. The van der Waals surface area contributed by atoms with E-state index in [4.69, 9.17) is 29.5 Å². The van der Waals surface area contributed by atoms with Crippen LogP contribution in [0.5, 0.6) is 0 Å². The minimum absolute atomic E-state index is 0.110. The summed E-state index contributed by atoms with van der Waals surface area (Å²) in [5, 5.41) is 16.7. The van der Waals surface area contributed by atoms with Gasteiger partial charge in [0.05, 0.1) is 36.6 Å². The topological polar surface area (TPSA) is 119 Å². The van der Waals surface area contributed by atoms with Crippen LogP contribution in [0.25, 0.3) is 0 Å². The molecule has 0 aromatic heterocycles. The van der Waals surface area contributed by atoms with E-state index in [1.807, 2.05) is 0 Å². The van der Waals surface area contributed by atoms with Gasteiger partial charge in [-0.15, -0.1) is 0 Å². The van der Waals surface area contributed by atoms with Crippen LogP contribution in [-0.4, -0.2) is 49.6 Å². The van der Waals surface area contributed by atoms with Crippen LogP contribution in [0.2, 0.25) is 0 Å². The summed E-state index contributed by atoms with van der Waals surface area (Å²) in [4.78, 5) is 22.2. The van der Waals surface area contributed by atoms with Crippen molar-refractivity contribution in [3.63, 3.8) is 0 Å². The Hall–Kier alpha value is -2.16. The van der Waals surface area contributed by atoms with E-state index in [1.165, 1.54) is 0 Å². The van der Waals surface area contributed by atoms with Crippen molar-refractivity contribution < 1.29 is 28.5 Å². The number of carbonyl (C=O) groups is 2. The zero-order valence-electron chi connectivity index (χ0n) is 11.9. The predicted molar refractivity (Wildman–Crippen MR) is 68.9 cm³/mol. The van der Waals surface area contributed by atoms with E-state index >= 15 is 0 Å². The van der Waals surface area contributed by atoms with E-state index in [1.54, 1.807) is 12.1 Å². The van der Waals surface area contributed by atoms with Gasteiger partial charge in [0.2, 0.25) is 0 Å². The average Bonchev–Trinajstić information content (AvgIpc) is 3.01. The fourth-order valence-electron chi connectivity index (χ4n) is 2.53. The van der Waals surface area contributed by atoms with E-state index in [-0.39, 0.29) is 50.5 Å². The maximum absolute atomic E-state index is 11.1. The van der Waals surface area contributed by atoms with Crippen LogP contribution in [-0.2, 0) is 28.5 Å². The summed E-state index contributed by atoms with van der Waals surface area (Å²) >= 11 is 0. The fourth-order valence-corrected chi connectivity index (χ4v) is 2.53. The molecule has 2 fully saturated rings. The van der Waals surface area contributed by atoms with Crippen molar-refractivity contribution in [3.05, 3.63) is 0 Å². The van der Waals surface area contributed by atoms with Gasteiger partial charge in [0.15, 0.2) is 0 Å². The van der Waals surface area contributed by atoms with Crippen LogP contribution < -0.4 is 0 Å². The van der Waals surface area contributed by atoms with E-state index in [9.17, 15) is 9.59 Å². The quantitative estimate of drug-likeness (QED) is 0.639. The molecule has 0 saturated carbocycles. The molecule has 0 amide bonds. The normalized spacial score (nSPS) is 29.2. The minimum Gasteiger partial charge on any atom is -0.462 e. The van der Waals surface area contributed by atoms with Crippen molar-refractivity contribution in [2.45, 2.75) is 50.1 Å². The lowest BCUT2D eigenvalue weighted by Crippen LogP contribution is -2.23. The van der Waals surface area contributed by atoms with Gasteiger partial charge >= 0.3 is 11.9 Å². The summed E-state index contributed by atoms with van der Waals surface area (Å²) in [5.74, 6) is -1.13. The molecule has 2 heterocycles. The van der Waals surface area contributed by atoms with E-state index in [0.29, 0.717) is 12.8 Å². The van der Waals surface area contributed by atoms with Crippen molar-refractivity contribution in [1.29, 1.82) is 10.5 Å². The van der Waals surface area contributed by atoms with Gasteiger partial charge in [0.25, 0.3) is 0 Å². The lowest BCUT2D eigenvalue weighted by atomic mass is 10.1. The Morgan fingerprint density at radius 1 is 0.909 bits per heavy atom. The lowest BCUT2D eigenvalue weighted by molar-refractivity contribution is -0.146. The Morgan fingerprint density at radius 3 is 1.68 bits per heavy atom. The summed E-state index contributed by atoms with van der Waals surface area (Å²) in [5.41, 5.74) is 0. The standard InChI is InChI=1S/C14H16N2O6/c15-3-1-13(17)19-7-9-5-11-12(21-9)6-10(22-11)8-20-14(18)2-4-16/h9-12H,1-2,5-8H2. The van der Waals surface area contributed by atoms with Crippen LogP contribution in [0.1, 0.15) is 25.7 Å². The zero-order chi connectivity index (χ0) is 15.9. The third-order valence-electron chi connectivity index (χ3n) is 3.45. The summed E-state index contributed by atoms with van der Waals surface area (Å²) in [6.45, 7) is 0.220. The molecule has 4 unspecified atom stereocenters. The first-order valence-electron chi connectivity index (χ1n) is 6.98. The van der Waals surface area contributed by atoms with Gasteiger partial charge in [-0.05, 0) is 0 Å². The minimum atomic E-state index is -0.564. The van der Waals surface area contributed by atoms with Crippen LogP contribution in [0.3, 0.4) is 0 Å². The van der Waals surface area contributed by atoms with Gasteiger partial charge in [-0.25, -0.2) is 0 Å². The molecule has 2 saturated heterocycles. The molecule has 2 aliphatic heterocycles. The lowest BCUT2D eigenvalue weighted by Gasteiger charge is -2.15. The molecule has 22 heavy (non-hydrogen) atoms. The van der Waals surface area contributed by atoms with Gasteiger partial charge in [-0.1, -0.05) is 0 Å². The molecule has 0 aromatic carbocycles. The number of nitriles is 2. The van der Waals surface area contributed by atoms with Crippen molar-refractivity contribution in [2.24, 2.45) is 0 Å². The Morgan fingerprint density at radius 2 is 1.32 bits per heavy atom. The molecule has 0 aromatic rings. The first-order chi connectivity index (χ1) is 10.6. The largest absolute Gasteiger partial charge is 0.462 e. The van der Waals surface area contributed by atoms with Crippen LogP contribution in [0.4, 0.5) is 0 Å². The Kier molecular flexibility index (Phi) is 5.70. The third-order valence-corrected chi connectivity index (χ3v) is 3.45. The molecule has 0 spiro atoms. The highest BCUT2D eigenvalue weighted by atomic mass is 16.6. The monoisotopic (exact) mass is 308 g/mol. The average molecular weight is 308 g/mol. The van der Waals surface area contributed by atoms with Gasteiger partial charge < -0.3 is 18.9 Å². The van der Waals surface area contributed by atoms with E-state index < -0.39 is 11.9 Å². The van der Waals surface area contributed by atoms with Gasteiger partial charge in [-0.2, -0.15) is 10.5 Å². The number of hydrogen-bond acceptors (Lipinski definition) is 8. The molecule has 2 rings (SSSR count). The molecule has 0 aliphatic carbocycles. The molecule has 2 aliphatic rings. The summed E-state index contributed by atoms with van der Waals surface area (Å²) in [6.07, 6.45) is -0.0586. The highest BCUT2D eigenvalue weighted by molar-refractivity contribution is 5.72. The molecule has 0 N–H and O–H groups in total. The predicted octanol–water partition coefficient (Wildman–Crippen LogP) is 0.215. The number of esters is 2. The van der Waals surface area contributed by atoms with E-state index in [2.05, 4.69) is 0 Å². The highest BCUT2D eigenvalue weighted by Crippen LogP contribution is 2.34. The van der Waals surface area contributed by atoms with Crippen LogP contribution in [0, 0.1) is 22.7 Å². The second-order valence-electron chi connectivity index (χ2n) is 5.10. The van der Waals surface area contributed by atoms with Gasteiger partial charge in [0, 0.05) is 12.8 Å². The molecule has 0 bridgehead atoms. The zero-order valence-corrected chi connectivity index (χ0v) is 11.9. The molecular formula is C14H16N2O6. The number of fused-ring (bicyclic) bond motifs is 1. The number of carbonyl (C=O) groups excluding carboxylic acids is 2. The molecule has 8 heteroatoms. The van der Waals surface area contributed by atoms with Crippen molar-refractivity contribution in [3.8, 4) is 12.1 Å². The van der Waals surface area contributed by atoms with Crippen LogP contribution in [0.15, 0.2) is 0 Å². The summed E-state index contributed by atoms with van der Waals surface area (Å²) < 4.78 is 21.3. The Balaban J connectivity index is 1.66. The number of ether oxygens (including phenoxy) is 4. The molecule has 4 atom stereocenters. The van der Waals surface area contributed by atoms with Crippen LogP contribution >= 0.6 is 0 Å². The van der Waals surface area contributed by atoms with E-state index in [0.717, 1.165) is 0 Å². The van der Waals surface area contributed by atoms with Gasteiger partial charge in [-0.3, -0.25) is 9.59 Å².